The molecule has 0 fully saturated rings. The van der Waals surface area contributed by atoms with Crippen LogP contribution in [0, 0.1) is 6.92 Å². The van der Waals surface area contributed by atoms with E-state index in [1.165, 1.54) is 7.11 Å². The van der Waals surface area contributed by atoms with E-state index in [1.54, 1.807) is 19.1 Å². The molecule has 1 atom stereocenters. The van der Waals surface area contributed by atoms with E-state index < -0.39 is 12.0 Å². The van der Waals surface area contributed by atoms with Gasteiger partial charge in [-0.25, -0.2) is 4.98 Å². The molecular weight excluding hydrogens is 184 g/mol. The van der Waals surface area contributed by atoms with Crippen LogP contribution in [0.3, 0.4) is 0 Å². The Labute approximate surface area is 81.5 Å². The van der Waals surface area contributed by atoms with Gasteiger partial charge in [0.1, 0.15) is 6.04 Å². The Hall–Kier alpha value is -1.62. The normalized spacial score (nSPS) is 12.2. The number of aromatic nitrogens is 1. The zero-order valence-electron chi connectivity index (χ0n) is 8.02. The highest BCUT2D eigenvalue weighted by atomic mass is 16.5. The molecule has 0 spiro atoms. The second-order valence-electron chi connectivity index (χ2n) is 2.84. The number of carbonyl (C=O) groups is 1. The van der Waals surface area contributed by atoms with Crippen LogP contribution in [0.5, 0.6) is 5.88 Å². The number of aryl methyl sites for hydroxylation is 1. The second-order valence-corrected chi connectivity index (χ2v) is 2.84. The molecule has 0 aliphatic heterocycles. The fraction of sp³-hybridized carbons (Fsp3) is 0.333. The Bertz CT molecular complexity index is 352. The number of pyridine rings is 1. The minimum absolute atomic E-state index is 0.448. The van der Waals surface area contributed by atoms with Gasteiger partial charge in [-0.05, 0) is 13.0 Å². The molecule has 14 heavy (non-hydrogen) atoms. The summed E-state index contributed by atoms with van der Waals surface area (Å²) >= 11 is 0. The fourth-order valence-electron chi connectivity index (χ4n) is 1.12. The highest BCUT2D eigenvalue weighted by molar-refractivity contribution is 5.75. The summed E-state index contributed by atoms with van der Waals surface area (Å²) < 4.78 is 4.89. The Morgan fingerprint density at radius 3 is 2.71 bits per heavy atom. The Morgan fingerprint density at radius 2 is 2.29 bits per heavy atom. The predicted octanol–water partition coefficient (Wildman–Crippen LogP) is 0.483. The van der Waals surface area contributed by atoms with Gasteiger partial charge >= 0.3 is 5.97 Å². The summed E-state index contributed by atoms with van der Waals surface area (Å²) in [6.45, 7) is 1.70. The summed E-state index contributed by atoms with van der Waals surface area (Å²) in [6.07, 6.45) is 0. The number of aliphatic carboxylic acids is 1. The van der Waals surface area contributed by atoms with Gasteiger partial charge in [0.25, 0.3) is 0 Å². The molecule has 0 aromatic carbocycles. The van der Waals surface area contributed by atoms with Crippen molar-refractivity contribution in [2.75, 3.05) is 7.11 Å². The van der Waals surface area contributed by atoms with Crippen molar-refractivity contribution in [3.63, 3.8) is 0 Å². The predicted molar refractivity (Wildman–Crippen MR) is 50.1 cm³/mol. The van der Waals surface area contributed by atoms with Crippen LogP contribution in [0.15, 0.2) is 12.1 Å². The molecule has 1 rings (SSSR count). The number of hydrogen-bond acceptors (Lipinski definition) is 4. The highest BCUT2D eigenvalue weighted by Gasteiger charge is 2.17. The Balaban J connectivity index is 3.05. The quantitative estimate of drug-likeness (QED) is 0.734. The monoisotopic (exact) mass is 196 g/mol. The molecule has 1 heterocycles. The molecule has 0 aliphatic carbocycles. The first-order valence-corrected chi connectivity index (χ1v) is 4.06. The molecule has 1 unspecified atom stereocenters. The maximum absolute atomic E-state index is 10.6. The zero-order valence-corrected chi connectivity index (χ0v) is 8.02. The third kappa shape index (κ3) is 2.00. The lowest BCUT2D eigenvalue weighted by Crippen LogP contribution is -2.21. The third-order valence-corrected chi connectivity index (χ3v) is 1.91. The molecular formula is C9H12N2O3. The van der Waals surface area contributed by atoms with Crippen LogP contribution in [0.2, 0.25) is 0 Å². The number of carboxylic acids is 1. The molecule has 0 radical (unpaired) electrons. The van der Waals surface area contributed by atoms with E-state index in [1.807, 2.05) is 0 Å². The van der Waals surface area contributed by atoms with E-state index in [2.05, 4.69) is 4.98 Å². The Kier molecular flexibility index (Phi) is 3.03. The Morgan fingerprint density at radius 1 is 1.64 bits per heavy atom. The minimum Gasteiger partial charge on any atom is -0.481 e. The number of ether oxygens (including phenoxy) is 1. The summed E-state index contributed by atoms with van der Waals surface area (Å²) in [5.74, 6) is -0.621. The van der Waals surface area contributed by atoms with Crippen molar-refractivity contribution in [3.05, 3.63) is 23.4 Å². The maximum atomic E-state index is 10.6. The summed E-state index contributed by atoms with van der Waals surface area (Å²) in [7, 11) is 1.50. The SMILES string of the molecule is COc1ccc(C(N)C(=O)O)c(C)n1. The van der Waals surface area contributed by atoms with Crippen LogP contribution in [-0.4, -0.2) is 23.2 Å². The van der Waals surface area contributed by atoms with Crippen LogP contribution in [0.4, 0.5) is 0 Å². The lowest BCUT2D eigenvalue weighted by molar-refractivity contribution is -0.138. The summed E-state index contributed by atoms with van der Waals surface area (Å²) in [4.78, 5) is 14.7. The number of rotatable bonds is 3. The van der Waals surface area contributed by atoms with Crippen molar-refractivity contribution in [1.29, 1.82) is 0 Å². The zero-order chi connectivity index (χ0) is 10.7. The van der Waals surface area contributed by atoms with Crippen LogP contribution in [0.25, 0.3) is 0 Å². The molecule has 0 saturated carbocycles. The van der Waals surface area contributed by atoms with E-state index in [0.29, 0.717) is 17.1 Å². The summed E-state index contributed by atoms with van der Waals surface area (Å²) in [5.41, 5.74) is 6.52. The lowest BCUT2D eigenvalue weighted by atomic mass is 10.1. The number of carboxylic acid groups (broad SMARTS) is 1. The van der Waals surface area contributed by atoms with Gasteiger partial charge in [0.15, 0.2) is 0 Å². The van der Waals surface area contributed by atoms with Crippen molar-refractivity contribution in [2.45, 2.75) is 13.0 Å². The van der Waals surface area contributed by atoms with Gasteiger partial charge < -0.3 is 15.6 Å². The first kappa shape index (κ1) is 10.5. The van der Waals surface area contributed by atoms with Gasteiger partial charge in [0.2, 0.25) is 5.88 Å². The number of hydrogen-bond donors (Lipinski definition) is 2. The molecule has 76 valence electrons. The fourth-order valence-corrected chi connectivity index (χ4v) is 1.12. The molecule has 5 heteroatoms. The third-order valence-electron chi connectivity index (χ3n) is 1.91. The molecule has 1 aromatic rings. The average Bonchev–Trinajstić information content (AvgIpc) is 2.16. The summed E-state index contributed by atoms with van der Waals surface area (Å²) in [6, 6.07) is 2.17. The number of methoxy groups -OCH3 is 1. The van der Waals surface area contributed by atoms with E-state index in [-0.39, 0.29) is 0 Å². The van der Waals surface area contributed by atoms with Gasteiger partial charge in [0, 0.05) is 17.3 Å². The van der Waals surface area contributed by atoms with E-state index >= 15 is 0 Å². The van der Waals surface area contributed by atoms with Crippen molar-refractivity contribution < 1.29 is 14.6 Å². The van der Waals surface area contributed by atoms with E-state index in [0.717, 1.165) is 0 Å². The van der Waals surface area contributed by atoms with Gasteiger partial charge in [-0.2, -0.15) is 0 Å². The van der Waals surface area contributed by atoms with E-state index in [9.17, 15) is 4.79 Å². The van der Waals surface area contributed by atoms with Crippen molar-refractivity contribution >= 4 is 5.97 Å². The van der Waals surface area contributed by atoms with Gasteiger partial charge in [-0.1, -0.05) is 0 Å². The van der Waals surface area contributed by atoms with Crippen LogP contribution < -0.4 is 10.5 Å². The first-order chi connectivity index (χ1) is 6.56. The lowest BCUT2D eigenvalue weighted by Gasteiger charge is -2.10. The largest absolute Gasteiger partial charge is 0.481 e. The van der Waals surface area contributed by atoms with E-state index in [4.69, 9.17) is 15.6 Å². The van der Waals surface area contributed by atoms with Crippen molar-refractivity contribution in [3.8, 4) is 5.88 Å². The first-order valence-electron chi connectivity index (χ1n) is 4.06. The van der Waals surface area contributed by atoms with Crippen LogP contribution in [-0.2, 0) is 4.79 Å². The molecule has 0 saturated heterocycles. The van der Waals surface area contributed by atoms with Gasteiger partial charge in [0.05, 0.1) is 7.11 Å². The molecule has 5 nitrogen and oxygen atoms in total. The molecule has 0 aliphatic rings. The molecule has 0 amide bonds. The molecule has 1 aromatic heterocycles. The molecule has 3 N–H and O–H groups in total. The number of nitrogens with two attached hydrogens (primary N) is 1. The maximum Gasteiger partial charge on any atom is 0.325 e. The smallest absolute Gasteiger partial charge is 0.325 e. The van der Waals surface area contributed by atoms with Gasteiger partial charge in [-0.3, -0.25) is 4.79 Å². The van der Waals surface area contributed by atoms with Crippen LogP contribution >= 0.6 is 0 Å². The number of nitrogens with zero attached hydrogens (tertiary/aromatic N) is 1. The second kappa shape index (κ2) is 4.06. The highest BCUT2D eigenvalue weighted by Crippen LogP contribution is 2.17. The minimum atomic E-state index is -1.07. The standard InChI is InChI=1S/C9H12N2O3/c1-5-6(8(10)9(12)13)3-4-7(11-5)14-2/h3-4,8H,10H2,1-2H3,(H,12,13). The van der Waals surface area contributed by atoms with Gasteiger partial charge in [-0.15, -0.1) is 0 Å². The summed E-state index contributed by atoms with van der Waals surface area (Å²) in [5, 5.41) is 8.70. The topological polar surface area (TPSA) is 85.4 Å². The average molecular weight is 196 g/mol. The van der Waals surface area contributed by atoms with Crippen molar-refractivity contribution in [1.82, 2.24) is 4.98 Å². The molecule has 0 bridgehead atoms. The van der Waals surface area contributed by atoms with Crippen molar-refractivity contribution in [2.24, 2.45) is 5.73 Å². The van der Waals surface area contributed by atoms with Crippen LogP contribution in [0.1, 0.15) is 17.3 Å².